The summed E-state index contributed by atoms with van der Waals surface area (Å²) in [4.78, 5) is 0. The first-order valence-electron chi connectivity index (χ1n) is 14.1. The summed E-state index contributed by atoms with van der Waals surface area (Å²) in [7, 11) is 0. The summed E-state index contributed by atoms with van der Waals surface area (Å²) < 4.78 is 94.1. The Morgan fingerprint density at radius 3 is 1.70 bits per heavy atom. The smallest absolute Gasteiger partial charge is 0.429 e. The van der Waals surface area contributed by atoms with Gasteiger partial charge in [-0.15, -0.1) is 0 Å². The molecule has 0 unspecified atom stereocenters. The van der Waals surface area contributed by atoms with Crippen molar-refractivity contribution in [3.63, 3.8) is 0 Å². The van der Waals surface area contributed by atoms with E-state index in [0.29, 0.717) is 17.7 Å². The van der Waals surface area contributed by atoms with Crippen molar-refractivity contribution in [2.24, 2.45) is 0 Å². The molecule has 0 spiro atoms. The molecule has 0 heterocycles. The van der Waals surface area contributed by atoms with Crippen LogP contribution >= 0.6 is 11.6 Å². The highest BCUT2D eigenvalue weighted by Crippen LogP contribution is 2.38. The molecule has 0 atom stereocenters. The fraction of sp³-hybridized carbons (Fsp3) is 0.167. The predicted molar refractivity (Wildman–Crippen MR) is 162 cm³/mol. The lowest BCUT2D eigenvalue weighted by Gasteiger charge is -2.20. The number of alkyl halides is 2. The minimum Gasteiger partial charge on any atom is -0.429 e. The van der Waals surface area contributed by atoms with Crippen molar-refractivity contribution in [1.82, 2.24) is 0 Å². The molecule has 0 fully saturated rings. The first-order chi connectivity index (χ1) is 21.1. The summed E-state index contributed by atoms with van der Waals surface area (Å²) in [6, 6.07) is 22.2. The van der Waals surface area contributed by atoms with Crippen molar-refractivity contribution in [3.05, 3.63) is 136 Å². The van der Waals surface area contributed by atoms with Crippen LogP contribution in [0.5, 0.6) is 5.75 Å². The standard InChI is InChI=1S/C36H27ClF6O/c1-2-3-4-5-22-6-8-23(9-7-22)24-10-16-29(31(38)18-24)25-11-17-30(32(39)19-25)26-20-33(40)35(34(41)21-26)36(42,43)44-28-14-12-27(37)13-15-28/h6-21H,2-5H2,1H3. The second-order valence-corrected chi connectivity index (χ2v) is 10.9. The molecule has 0 radical (unpaired) electrons. The number of aryl methyl sites for hydroxylation is 1. The van der Waals surface area contributed by atoms with E-state index in [1.54, 1.807) is 6.07 Å². The monoisotopic (exact) mass is 624 g/mol. The molecule has 5 aromatic carbocycles. The molecule has 0 aromatic heterocycles. The van der Waals surface area contributed by atoms with Crippen molar-refractivity contribution in [2.45, 2.75) is 38.7 Å². The number of hydrogen-bond donors (Lipinski definition) is 0. The van der Waals surface area contributed by atoms with Gasteiger partial charge in [-0.25, -0.2) is 17.6 Å². The molecule has 0 N–H and O–H groups in total. The first-order valence-corrected chi connectivity index (χ1v) is 14.4. The Labute approximate surface area is 256 Å². The zero-order valence-electron chi connectivity index (χ0n) is 23.6. The molecular formula is C36H27ClF6O. The van der Waals surface area contributed by atoms with Crippen LogP contribution in [0.1, 0.15) is 37.3 Å². The first kappa shape index (κ1) is 31.2. The van der Waals surface area contributed by atoms with Crippen LogP contribution < -0.4 is 4.74 Å². The van der Waals surface area contributed by atoms with E-state index < -0.39 is 34.9 Å². The van der Waals surface area contributed by atoms with Crippen LogP contribution in [0.15, 0.2) is 97.1 Å². The van der Waals surface area contributed by atoms with E-state index in [2.05, 4.69) is 11.7 Å². The van der Waals surface area contributed by atoms with Gasteiger partial charge in [0.15, 0.2) is 0 Å². The minimum absolute atomic E-state index is 0.127. The third-order valence-corrected chi connectivity index (χ3v) is 7.56. The van der Waals surface area contributed by atoms with E-state index in [0.717, 1.165) is 49.4 Å². The number of ether oxygens (including phenoxy) is 1. The molecule has 8 heteroatoms. The average Bonchev–Trinajstić information content (AvgIpc) is 2.98. The van der Waals surface area contributed by atoms with Gasteiger partial charge in [-0.3, -0.25) is 0 Å². The summed E-state index contributed by atoms with van der Waals surface area (Å²) in [6.45, 7) is 2.15. The zero-order chi connectivity index (χ0) is 31.4. The second-order valence-electron chi connectivity index (χ2n) is 10.4. The van der Waals surface area contributed by atoms with Gasteiger partial charge in [-0.1, -0.05) is 79.9 Å². The Kier molecular flexibility index (Phi) is 9.35. The molecule has 5 aromatic rings. The SMILES string of the molecule is CCCCCc1ccc(-c2ccc(-c3ccc(-c4cc(F)c(C(F)(F)Oc5ccc(Cl)cc5)c(F)c4)c(F)c3)c(F)c2)cc1. The molecule has 0 saturated carbocycles. The minimum atomic E-state index is -4.37. The molecule has 0 aliphatic carbocycles. The van der Waals surface area contributed by atoms with E-state index in [4.69, 9.17) is 11.6 Å². The summed E-state index contributed by atoms with van der Waals surface area (Å²) in [5, 5.41) is 0.258. The van der Waals surface area contributed by atoms with Gasteiger partial charge < -0.3 is 4.74 Å². The molecule has 0 aliphatic heterocycles. The average molecular weight is 625 g/mol. The quantitative estimate of drug-likeness (QED) is 0.111. The van der Waals surface area contributed by atoms with Gasteiger partial charge in [0.25, 0.3) is 0 Å². The fourth-order valence-electron chi connectivity index (χ4n) is 5.00. The zero-order valence-corrected chi connectivity index (χ0v) is 24.4. The van der Waals surface area contributed by atoms with E-state index in [9.17, 15) is 17.6 Å². The van der Waals surface area contributed by atoms with Gasteiger partial charge >= 0.3 is 6.11 Å². The number of unbranched alkanes of at least 4 members (excludes halogenated alkanes) is 2. The van der Waals surface area contributed by atoms with Gasteiger partial charge in [0.05, 0.1) is 0 Å². The molecule has 44 heavy (non-hydrogen) atoms. The van der Waals surface area contributed by atoms with Crippen molar-refractivity contribution in [3.8, 4) is 39.1 Å². The Balaban J connectivity index is 1.36. The lowest BCUT2D eigenvalue weighted by molar-refractivity contribution is -0.189. The van der Waals surface area contributed by atoms with Gasteiger partial charge in [0.2, 0.25) is 0 Å². The van der Waals surface area contributed by atoms with Crippen molar-refractivity contribution < 1.29 is 31.1 Å². The maximum Gasteiger partial charge on any atom is 0.432 e. The molecule has 0 amide bonds. The molecule has 0 bridgehead atoms. The summed E-state index contributed by atoms with van der Waals surface area (Å²) in [5.41, 5.74) is 0.842. The van der Waals surface area contributed by atoms with Crippen LogP contribution in [0.4, 0.5) is 26.3 Å². The largest absolute Gasteiger partial charge is 0.432 e. The summed E-state index contributed by atoms with van der Waals surface area (Å²) >= 11 is 5.73. The van der Waals surface area contributed by atoms with E-state index in [1.165, 1.54) is 42.0 Å². The summed E-state index contributed by atoms with van der Waals surface area (Å²) in [5.74, 6) is -5.11. The molecular weight excluding hydrogens is 598 g/mol. The summed E-state index contributed by atoms with van der Waals surface area (Å²) in [6.07, 6.45) is 0.0290. The Hall–Kier alpha value is -4.23. The molecule has 0 saturated heterocycles. The Morgan fingerprint density at radius 1 is 0.591 bits per heavy atom. The van der Waals surface area contributed by atoms with E-state index in [1.807, 2.05) is 24.3 Å². The van der Waals surface area contributed by atoms with Crippen molar-refractivity contribution >= 4 is 11.6 Å². The number of rotatable bonds is 10. The highest BCUT2D eigenvalue weighted by atomic mass is 35.5. The van der Waals surface area contributed by atoms with Gasteiger partial charge in [-0.05, 0) is 89.2 Å². The maximum atomic E-state index is 15.2. The van der Waals surface area contributed by atoms with Crippen LogP contribution in [-0.2, 0) is 12.5 Å². The molecule has 226 valence electrons. The lowest BCUT2D eigenvalue weighted by Crippen LogP contribution is -2.25. The van der Waals surface area contributed by atoms with Gasteiger partial charge in [0.1, 0.15) is 34.6 Å². The van der Waals surface area contributed by atoms with Gasteiger partial charge in [-0.2, -0.15) is 8.78 Å². The molecule has 0 aliphatic rings. The number of benzene rings is 5. The second kappa shape index (κ2) is 13.2. The third-order valence-electron chi connectivity index (χ3n) is 7.31. The third kappa shape index (κ3) is 6.94. The number of halogens is 7. The van der Waals surface area contributed by atoms with Crippen LogP contribution in [0.25, 0.3) is 33.4 Å². The lowest BCUT2D eigenvalue weighted by atomic mass is 9.96. The molecule has 1 nitrogen and oxygen atoms in total. The van der Waals surface area contributed by atoms with E-state index >= 15 is 8.78 Å². The van der Waals surface area contributed by atoms with Crippen LogP contribution in [0.2, 0.25) is 5.02 Å². The van der Waals surface area contributed by atoms with Crippen molar-refractivity contribution in [1.29, 1.82) is 0 Å². The Morgan fingerprint density at radius 2 is 1.11 bits per heavy atom. The fourth-order valence-corrected chi connectivity index (χ4v) is 5.12. The van der Waals surface area contributed by atoms with Crippen LogP contribution in [0, 0.1) is 23.3 Å². The highest BCUT2D eigenvalue weighted by molar-refractivity contribution is 6.30. The van der Waals surface area contributed by atoms with Crippen molar-refractivity contribution in [2.75, 3.05) is 0 Å². The number of hydrogen-bond acceptors (Lipinski definition) is 1. The maximum absolute atomic E-state index is 15.2. The predicted octanol–water partition coefficient (Wildman–Crippen LogP) is 11.8. The highest BCUT2D eigenvalue weighted by Gasteiger charge is 2.41. The van der Waals surface area contributed by atoms with Gasteiger partial charge in [0, 0.05) is 16.1 Å². The van der Waals surface area contributed by atoms with Crippen LogP contribution in [-0.4, -0.2) is 0 Å². The molecule has 5 rings (SSSR count). The van der Waals surface area contributed by atoms with E-state index in [-0.39, 0.29) is 33.0 Å². The van der Waals surface area contributed by atoms with Crippen LogP contribution in [0.3, 0.4) is 0 Å². The normalized spacial score (nSPS) is 11.5. The Bertz CT molecular complexity index is 1740. The topological polar surface area (TPSA) is 9.23 Å².